The SMILES string of the molecule is NC(C(=O)[O-])c1cccc(C(=O)c2ccccc2)c1.O.[Na+]. The fourth-order valence-electron chi connectivity index (χ4n) is 1.77. The summed E-state index contributed by atoms with van der Waals surface area (Å²) in [4.78, 5) is 22.9. The van der Waals surface area contributed by atoms with Gasteiger partial charge in [-0.1, -0.05) is 48.5 Å². The second-order valence-electron chi connectivity index (χ2n) is 4.12. The van der Waals surface area contributed by atoms with Gasteiger partial charge in [-0.15, -0.1) is 0 Å². The molecule has 2 rings (SSSR count). The smallest absolute Gasteiger partial charge is 0.548 e. The molecule has 0 heterocycles. The molecule has 2 aromatic rings. The van der Waals surface area contributed by atoms with Crippen LogP contribution in [0.3, 0.4) is 0 Å². The summed E-state index contributed by atoms with van der Waals surface area (Å²) < 4.78 is 0. The summed E-state index contributed by atoms with van der Waals surface area (Å²) in [6.45, 7) is 0. The molecule has 1 unspecified atom stereocenters. The largest absolute Gasteiger partial charge is 1.00 e. The number of hydrogen-bond acceptors (Lipinski definition) is 4. The maximum Gasteiger partial charge on any atom is 1.00 e. The van der Waals surface area contributed by atoms with Gasteiger partial charge in [-0.05, 0) is 11.6 Å². The van der Waals surface area contributed by atoms with Crippen molar-refractivity contribution in [2.75, 3.05) is 0 Å². The summed E-state index contributed by atoms with van der Waals surface area (Å²) in [5.74, 6) is -1.54. The molecule has 0 saturated carbocycles. The third-order valence-corrected chi connectivity index (χ3v) is 2.80. The van der Waals surface area contributed by atoms with Crippen molar-refractivity contribution in [3.8, 4) is 0 Å². The molecule has 0 aliphatic heterocycles. The standard InChI is InChI=1S/C15H13NO3.Na.H2O/c16-13(15(18)19)11-7-4-8-12(9-11)14(17)10-5-2-1-3-6-10;;/h1-9,13H,16H2,(H,18,19);;1H2/q;+1;/p-1. The molecule has 0 radical (unpaired) electrons. The van der Waals surface area contributed by atoms with E-state index in [1.54, 1.807) is 42.5 Å². The van der Waals surface area contributed by atoms with E-state index >= 15 is 0 Å². The van der Waals surface area contributed by atoms with Crippen LogP contribution in [0, 0.1) is 0 Å². The van der Waals surface area contributed by atoms with Crippen LogP contribution in [0.4, 0.5) is 0 Å². The van der Waals surface area contributed by atoms with E-state index < -0.39 is 12.0 Å². The third kappa shape index (κ3) is 4.77. The maximum absolute atomic E-state index is 12.2. The van der Waals surface area contributed by atoms with Gasteiger partial charge in [0, 0.05) is 11.1 Å². The molecular weight excluding hydrogens is 281 g/mol. The summed E-state index contributed by atoms with van der Waals surface area (Å²) in [5.41, 5.74) is 6.77. The molecule has 104 valence electrons. The molecule has 0 fully saturated rings. The fourth-order valence-corrected chi connectivity index (χ4v) is 1.77. The van der Waals surface area contributed by atoms with Crippen LogP contribution in [0.15, 0.2) is 54.6 Å². The van der Waals surface area contributed by atoms with E-state index in [1.165, 1.54) is 6.07 Å². The number of carbonyl (C=O) groups excluding carboxylic acids is 2. The zero-order chi connectivity index (χ0) is 13.8. The minimum atomic E-state index is -1.37. The van der Waals surface area contributed by atoms with Gasteiger partial charge in [-0.2, -0.15) is 0 Å². The van der Waals surface area contributed by atoms with Crippen LogP contribution < -0.4 is 40.4 Å². The maximum atomic E-state index is 12.2. The van der Waals surface area contributed by atoms with Crippen molar-refractivity contribution in [2.24, 2.45) is 5.73 Å². The van der Waals surface area contributed by atoms with Crippen molar-refractivity contribution in [1.82, 2.24) is 0 Å². The molecule has 6 heteroatoms. The first-order valence-corrected chi connectivity index (χ1v) is 5.76. The molecule has 21 heavy (non-hydrogen) atoms. The van der Waals surface area contributed by atoms with E-state index in [-0.39, 0.29) is 40.8 Å². The predicted octanol–water partition coefficient (Wildman–Crippen LogP) is -3.15. The molecule has 0 aromatic heterocycles. The summed E-state index contributed by atoms with van der Waals surface area (Å²) >= 11 is 0. The minimum Gasteiger partial charge on any atom is -0.548 e. The Labute approximate surface area is 144 Å². The van der Waals surface area contributed by atoms with Gasteiger partial charge >= 0.3 is 29.6 Å². The number of nitrogens with two attached hydrogens (primary N) is 1. The molecule has 0 bridgehead atoms. The Morgan fingerprint density at radius 1 is 0.952 bits per heavy atom. The van der Waals surface area contributed by atoms with Crippen molar-refractivity contribution < 1.29 is 49.7 Å². The summed E-state index contributed by atoms with van der Waals surface area (Å²) in [7, 11) is 0. The Bertz CT molecular complexity index is 616. The van der Waals surface area contributed by atoms with Gasteiger partial charge in [-0.3, -0.25) is 4.79 Å². The van der Waals surface area contributed by atoms with Crippen molar-refractivity contribution in [2.45, 2.75) is 6.04 Å². The second kappa shape index (κ2) is 8.71. The number of carboxylic acid groups (broad SMARTS) is 1. The van der Waals surface area contributed by atoms with E-state index in [0.29, 0.717) is 16.7 Å². The van der Waals surface area contributed by atoms with Gasteiger partial charge in [0.1, 0.15) is 0 Å². The molecule has 2 aromatic carbocycles. The number of hydrogen-bond donors (Lipinski definition) is 1. The molecule has 4 N–H and O–H groups in total. The quantitative estimate of drug-likeness (QED) is 0.473. The van der Waals surface area contributed by atoms with Crippen LogP contribution in [-0.4, -0.2) is 17.2 Å². The number of aliphatic carboxylic acids is 1. The van der Waals surface area contributed by atoms with Crippen LogP contribution in [0.2, 0.25) is 0 Å². The van der Waals surface area contributed by atoms with Gasteiger partial charge in [0.15, 0.2) is 5.78 Å². The third-order valence-electron chi connectivity index (χ3n) is 2.80. The number of rotatable bonds is 4. The molecule has 5 nitrogen and oxygen atoms in total. The normalized spacial score (nSPS) is 10.7. The number of carboxylic acids is 1. The van der Waals surface area contributed by atoms with Crippen molar-refractivity contribution >= 4 is 11.8 Å². The molecule has 1 atom stereocenters. The molecule has 0 aliphatic carbocycles. The van der Waals surface area contributed by atoms with Crippen molar-refractivity contribution in [1.29, 1.82) is 0 Å². The van der Waals surface area contributed by atoms with Gasteiger partial charge < -0.3 is 21.1 Å². The first kappa shape index (κ1) is 19.5. The van der Waals surface area contributed by atoms with E-state index in [1.807, 2.05) is 6.07 Å². The van der Waals surface area contributed by atoms with Gasteiger partial charge in [0.2, 0.25) is 0 Å². The molecule has 0 amide bonds. The van der Waals surface area contributed by atoms with E-state index in [4.69, 9.17) is 5.73 Å². The Morgan fingerprint density at radius 3 is 2.10 bits per heavy atom. The Morgan fingerprint density at radius 2 is 1.52 bits per heavy atom. The van der Waals surface area contributed by atoms with Crippen LogP contribution in [0.25, 0.3) is 0 Å². The Kier molecular flexibility index (Phi) is 8.09. The second-order valence-corrected chi connectivity index (χ2v) is 4.12. The van der Waals surface area contributed by atoms with Crippen LogP contribution >= 0.6 is 0 Å². The molecule has 0 aliphatic rings. The molecule has 0 spiro atoms. The zero-order valence-electron chi connectivity index (χ0n) is 11.6. The number of ketones is 1. The average molecular weight is 295 g/mol. The molecule has 0 saturated heterocycles. The van der Waals surface area contributed by atoms with Gasteiger partial charge in [0.25, 0.3) is 0 Å². The van der Waals surface area contributed by atoms with Crippen molar-refractivity contribution in [3.05, 3.63) is 71.3 Å². The Hall–Kier alpha value is -1.50. The monoisotopic (exact) mass is 295 g/mol. The topological polar surface area (TPSA) is 115 Å². The van der Waals surface area contributed by atoms with E-state index in [2.05, 4.69) is 0 Å². The molecular formula is C15H14NNaO4. The van der Waals surface area contributed by atoms with E-state index in [0.717, 1.165) is 0 Å². The van der Waals surface area contributed by atoms with E-state index in [9.17, 15) is 14.7 Å². The first-order valence-electron chi connectivity index (χ1n) is 5.76. The average Bonchev–Trinajstić information content (AvgIpc) is 2.46. The summed E-state index contributed by atoms with van der Waals surface area (Å²) in [5, 5.41) is 10.7. The number of carbonyl (C=O) groups is 2. The van der Waals surface area contributed by atoms with Crippen LogP contribution in [0.5, 0.6) is 0 Å². The summed E-state index contributed by atoms with van der Waals surface area (Å²) in [6.07, 6.45) is 0. The van der Waals surface area contributed by atoms with Crippen molar-refractivity contribution in [3.63, 3.8) is 0 Å². The first-order chi connectivity index (χ1) is 9.09. The van der Waals surface area contributed by atoms with Crippen LogP contribution in [-0.2, 0) is 4.79 Å². The predicted molar refractivity (Wildman–Crippen MR) is 71.9 cm³/mol. The zero-order valence-corrected chi connectivity index (χ0v) is 13.6. The Balaban J connectivity index is 0.00000200. The number of benzene rings is 2. The minimum absolute atomic E-state index is 0. The summed E-state index contributed by atoms with van der Waals surface area (Å²) in [6, 6.07) is 13.8. The van der Waals surface area contributed by atoms with Gasteiger partial charge in [0.05, 0.1) is 12.0 Å². The van der Waals surface area contributed by atoms with Gasteiger partial charge in [-0.25, -0.2) is 0 Å². The van der Waals surface area contributed by atoms with Crippen LogP contribution in [0.1, 0.15) is 27.5 Å². The fraction of sp³-hybridized carbons (Fsp3) is 0.0667.